The third-order valence-corrected chi connectivity index (χ3v) is 3.85. The Morgan fingerprint density at radius 3 is 2.25 bits per heavy atom. The van der Waals surface area contributed by atoms with Crippen molar-refractivity contribution in [1.82, 2.24) is 5.32 Å². The van der Waals surface area contributed by atoms with Gasteiger partial charge in [-0.2, -0.15) is 0 Å². The minimum atomic E-state index is -0.180. The van der Waals surface area contributed by atoms with Gasteiger partial charge in [0.2, 0.25) is 0 Å². The molecule has 0 aromatic heterocycles. The number of aryl methyl sites for hydroxylation is 3. The lowest BCUT2D eigenvalue weighted by Gasteiger charge is -2.20. The largest absolute Gasteiger partial charge is 0.313 e. The second-order valence-corrected chi connectivity index (χ2v) is 5.48. The van der Waals surface area contributed by atoms with Crippen molar-refractivity contribution in [3.63, 3.8) is 0 Å². The van der Waals surface area contributed by atoms with Crippen LogP contribution >= 0.6 is 0 Å². The minimum Gasteiger partial charge on any atom is -0.313 e. The molecule has 20 heavy (non-hydrogen) atoms. The van der Waals surface area contributed by atoms with Crippen molar-refractivity contribution in [3.8, 4) is 0 Å². The van der Waals surface area contributed by atoms with E-state index in [0.717, 1.165) is 12.0 Å². The Bertz CT molecular complexity index is 581. The molecule has 0 saturated heterocycles. The van der Waals surface area contributed by atoms with Crippen LogP contribution in [0.2, 0.25) is 0 Å². The van der Waals surface area contributed by atoms with Crippen LogP contribution in [-0.4, -0.2) is 7.05 Å². The highest BCUT2D eigenvalue weighted by molar-refractivity contribution is 5.39. The number of rotatable bonds is 4. The summed E-state index contributed by atoms with van der Waals surface area (Å²) in [5.41, 5.74) is 6.24. The van der Waals surface area contributed by atoms with Gasteiger partial charge in [0.25, 0.3) is 0 Å². The molecule has 0 aliphatic heterocycles. The molecule has 0 saturated carbocycles. The molecule has 0 aliphatic rings. The minimum absolute atomic E-state index is 0.130. The maximum atomic E-state index is 13.4. The first kappa shape index (κ1) is 14.7. The van der Waals surface area contributed by atoms with Crippen molar-refractivity contribution in [2.75, 3.05) is 7.05 Å². The van der Waals surface area contributed by atoms with Crippen molar-refractivity contribution in [2.45, 2.75) is 33.2 Å². The predicted octanol–water partition coefficient (Wildman–Crippen LogP) is 4.25. The van der Waals surface area contributed by atoms with Crippen LogP contribution in [0.15, 0.2) is 36.4 Å². The van der Waals surface area contributed by atoms with Crippen LogP contribution in [0.5, 0.6) is 0 Å². The van der Waals surface area contributed by atoms with Crippen LogP contribution in [0, 0.1) is 26.6 Å². The van der Waals surface area contributed by atoms with E-state index >= 15 is 0 Å². The first-order chi connectivity index (χ1) is 9.51. The summed E-state index contributed by atoms with van der Waals surface area (Å²) in [6, 6.07) is 11.4. The van der Waals surface area contributed by atoms with E-state index in [9.17, 15) is 4.39 Å². The Kier molecular flexibility index (Phi) is 4.56. The second kappa shape index (κ2) is 6.19. The molecule has 0 fully saturated rings. The van der Waals surface area contributed by atoms with E-state index in [1.807, 2.05) is 13.1 Å². The molecule has 2 heteroatoms. The van der Waals surface area contributed by atoms with E-state index < -0.39 is 0 Å². The molecule has 0 spiro atoms. The first-order valence-electron chi connectivity index (χ1n) is 7.00. The summed E-state index contributed by atoms with van der Waals surface area (Å²) in [5.74, 6) is -0.180. The van der Waals surface area contributed by atoms with Crippen molar-refractivity contribution in [2.24, 2.45) is 0 Å². The van der Waals surface area contributed by atoms with Gasteiger partial charge in [0.05, 0.1) is 0 Å². The summed E-state index contributed by atoms with van der Waals surface area (Å²) in [7, 11) is 1.93. The molecule has 1 N–H and O–H groups in total. The zero-order valence-corrected chi connectivity index (χ0v) is 12.6. The average Bonchev–Trinajstić information content (AvgIpc) is 2.38. The van der Waals surface area contributed by atoms with Gasteiger partial charge in [0, 0.05) is 6.04 Å². The van der Waals surface area contributed by atoms with Gasteiger partial charge < -0.3 is 5.32 Å². The highest BCUT2D eigenvalue weighted by Crippen LogP contribution is 2.24. The van der Waals surface area contributed by atoms with Crippen molar-refractivity contribution >= 4 is 0 Å². The van der Waals surface area contributed by atoms with Gasteiger partial charge in [-0.25, -0.2) is 4.39 Å². The fraction of sp³-hybridized carbons (Fsp3) is 0.333. The summed E-state index contributed by atoms with van der Waals surface area (Å²) in [6.07, 6.45) is 0.873. The van der Waals surface area contributed by atoms with E-state index in [-0.39, 0.29) is 11.9 Å². The van der Waals surface area contributed by atoms with Crippen LogP contribution in [-0.2, 0) is 6.42 Å². The van der Waals surface area contributed by atoms with Gasteiger partial charge in [-0.1, -0.05) is 29.8 Å². The highest BCUT2D eigenvalue weighted by atomic mass is 19.1. The van der Waals surface area contributed by atoms with E-state index in [1.54, 1.807) is 12.1 Å². The molecule has 2 aromatic carbocycles. The lowest BCUT2D eigenvalue weighted by molar-refractivity contribution is 0.575. The van der Waals surface area contributed by atoms with Gasteiger partial charge >= 0.3 is 0 Å². The summed E-state index contributed by atoms with van der Waals surface area (Å²) < 4.78 is 13.4. The van der Waals surface area contributed by atoms with Crippen LogP contribution in [0.4, 0.5) is 4.39 Å². The molecule has 1 unspecified atom stereocenters. The van der Waals surface area contributed by atoms with E-state index in [2.05, 4.69) is 38.2 Å². The maximum Gasteiger partial charge on any atom is 0.123 e. The molecular weight excluding hydrogens is 249 g/mol. The third kappa shape index (κ3) is 3.26. The lowest BCUT2D eigenvalue weighted by atomic mass is 9.92. The number of halogens is 1. The predicted molar refractivity (Wildman–Crippen MR) is 82.6 cm³/mol. The second-order valence-electron chi connectivity index (χ2n) is 5.48. The molecule has 0 bridgehead atoms. The van der Waals surface area contributed by atoms with Gasteiger partial charge in [-0.05, 0) is 68.6 Å². The van der Waals surface area contributed by atoms with Gasteiger partial charge in [0.1, 0.15) is 5.82 Å². The van der Waals surface area contributed by atoms with E-state index in [0.29, 0.717) is 0 Å². The quantitative estimate of drug-likeness (QED) is 0.876. The smallest absolute Gasteiger partial charge is 0.123 e. The normalized spacial score (nSPS) is 12.4. The molecule has 106 valence electrons. The average molecular weight is 271 g/mol. The Morgan fingerprint density at radius 1 is 1.05 bits per heavy atom. The summed E-state index contributed by atoms with van der Waals surface area (Å²) in [6.45, 7) is 6.41. The number of nitrogens with one attached hydrogen (secondary N) is 1. The molecular formula is C18H22FN. The zero-order chi connectivity index (χ0) is 14.7. The Morgan fingerprint density at radius 2 is 1.70 bits per heavy atom. The molecule has 1 nitrogen and oxygen atoms in total. The number of hydrogen-bond donors (Lipinski definition) is 1. The molecule has 0 amide bonds. The van der Waals surface area contributed by atoms with Crippen molar-refractivity contribution in [1.29, 1.82) is 0 Å². The van der Waals surface area contributed by atoms with Crippen molar-refractivity contribution in [3.05, 3.63) is 70.0 Å². The Balaban J connectivity index is 2.32. The van der Waals surface area contributed by atoms with Crippen LogP contribution < -0.4 is 5.32 Å². The summed E-state index contributed by atoms with van der Waals surface area (Å²) in [4.78, 5) is 0. The summed E-state index contributed by atoms with van der Waals surface area (Å²) >= 11 is 0. The third-order valence-electron chi connectivity index (χ3n) is 3.85. The van der Waals surface area contributed by atoms with Crippen molar-refractivity contribution < 1.29 is 4.39 Å². The van der Waals surface area contributed by atoms with Crippen LogP contribution in [0.1, 0.15) is 33.9 Å². The SMILES string of the molecule is CNC(Cc1c(C)cc(C)cc1C)c1cccc(F)c1. The molecule has 0 heterocycles. The molecule has 2 aromatic rings. The van der Waals surface area contributed by atoms with E-state index in [1.165, 1.54) is 28.3 Å². The number of likely N-dealkylation sites (N-methyl/N-ethyl adjacent to an activating group) is 1. The first-order valence-corrected chi connectivity index (χ1v) is 7.00. The molecule has 0 aliphatic carbocycles. The molecule has 1 atom stereocenters. The maximum absolute atomic E-state index is 13.4. The highest BCUT2D eigenvalue weighted by Gasteiger charge is 2.14. The number of hydrogen-bond acceptors (Lipinski definition) is 1. The molecule has 0 radical (unpaired) electrons. The fourth-order valence-electron chi connectivity index (χ4n) is 2.85. The Labute approximate surface area is 120 Å². The van der Waals surface area contributed by atoms with Crippen LogP contribution in [0.25, 0.3) is 0 Å². The van der Waals surface area contributed by atoms with Gasteiger partial charge in [0.15, 0.2) is 0 Å². The fourth-order valence-corrected chi connectivity index (χ4v) is 2.85. The van der Waals surface area contributed by atoms with Gasteiger partial charge in [-0.15, -0.1) is 0 Å². The zero-order valence-electron chi connectivity index (χ0n) is 12.6. The standard InChI is InChI=1S/C18H22FN/c1-12-8-13(2)17(14(3)9-12)11-18(20-4)15-6-5-7-16(19)10-15/h5-10,18,20H,11H2,1-4H3. The lowest BCUT2D eigenvalue weighted by Crippen LogP contribution is -2.20. The monoisotopic (exact) mass is 271 g/mol. The number of benzene rings is 2. The topological polar surface area (TPSA) is 12.0 Å². The van der Waals surface area contributed by atoms with Gasteiger partial charge in [-0.3, -0.25) is 0 Å². The molecule has 2 rings (SSSR count). The Hall–Kier alpha value is -1.67. The van der Waals surface area contributed by atoms with E-state index in [4.69, 9.17) is 0 Å². The van der Waals surface area contributed by atoms with Crippen LogP contribution in [0.3, 0.4) is 0 Å². The summed E-state index contributed by atoms with van der Waals surface area (Å²) in [5, 5.41) is 3.30.